The van der Waals surface area contributed by atoms with E-state index in [1.807, 2.05) is 36.5 Å². The number of hydrogen-bond donors (Lipinski definition) is 2. The van der Waals surface area contributed by atoms with Gasteiger partial charge < -0.3 is 24.5 Å². The molecule has 3 aromatic rings. The maximum absolute atomic E-state index is 12.4. The second-order valence-corrected chi connectivity index (χ2v) is 6.85. The standard InChI is InChI=1S/C20H21BrN2O4/c1-25-14-4-5-17-15(9-14)13(11-22-17)8-19(24)23-10-12-6-16(21)20(27-3)18(7-12)26-2/h4-7,9,11,22H,8,10H2,1-3H3,(H,23,24). The molecule has 0 aliphatic rings. The lowest BCUT2D eigenvalue weighted by molar-refractivity contribution is -0.120. The van der Waals surface area contributed by atoms with Crippen molar-refractivity contribution in [3.63, 3.8) is 0 Å². The van der Waals surface area contributed by atoms with Crippen LogP contribution in [0.4, 0.5) is 0 Å². The Balaban J connectivity index is 1.69. The van der Waals surface area contributed by atoms with Gasteiger partial charge in [0.05, 0.1) is 32.2 Å². The zero-order chi connectivity index (χ0) is 19.4. The van der Waals surface area contributed by atoms with Gasteiger partial charge in [-0.3, -0.25) is 4.79 Å². The predicted octanol–water partition coefficient (Wildman–Crippen LogP) is 3.82. The highest BCUT2D eigenvalue weighted by Gasteiger charge is 2.13. The molecule has 0 atom stereocenters. The molecule has 2 N–H and O–H groups in total. The summed E-state index contributed by atoms with van der Waals surface area (Å²) in [5.74, 6) is 1.93. The fourth-order valence-corrected chi connectivity index (χ4v) is 3.59. The Morgan fingerprint density at radius 3 is 2.63 bits per heavy atom. The molecule has 7 heteroatoms. The normalized spacial score (nSPS) is 10.7. The van der Waals surface area contributed by atoms with Gasteiger partial charge in [0.1, 0.15) is 5.75 Å². The van der Waals surface area contributed by atoms with E-state index in [0.717, 1.165) is 32.3 Å². The lowest BCUT2D eigenvalue weighted by Gasteiger charge is -2.12. The molecule has 0 unspecified atom stereocenters. The highest BCUT2D eigenvalue weighted by molar-refractivity contribution is 9.10. The number of hydrogen-bond acceptors (Lipinski definition) is 4. The average Bonchev–Trinajstić information content (AvgIpc) is 3.07. The number of halogens is 1. The molecule has 142 valence electrons. The summed E-state index contributed by atoms with van der Waals surface area (Å²) in [6, 6.07) is 9.51. The Morgan fingerprint density at radius 2 is 1.93 bits per heavy atom. The van der Waals surface area contributed by atoms with Crippen LogP contribution in [0.25, 0.3) is 10.9 Å². The Labute approximate surface area is 165 Å². The Hall–Kier alpha value is -2.67. The number of fused-ring (bicyclic) bond motifs is 1. The number of methoxy groups -OCH3 is 3. The van der Waals surface area contributed by atoms with Crippen molar-refractivity contribution in [3.8, 4) is 17.2 Å². The summed E-state index contributed by atoms with van der Waals surface area (Å²) >= 11 is 3.46. The van der Waals surface area contributed by atoms with E-state index in [1.165, 1.54) is 0 Å². The van der Waals surface area contributed by atoms with Crippen LogP contribution in [-0.2, 0) is 17.8 Å². The number of H-pyrrole nitrogens is 1. The van der Waals surface area contributed by atoms with Gasteiger partial charge in [0.2, 0.25) is 5.91 Å². The minimum Gasteiger partial charge on any atom is -0.497 e. The van der Waals surface area contributed by atoms with Gasteiger partial charge in [-0.1, -0.05) is 0 Å². The molecular formula is C20H21BrN2O4. The smallest absolute Gasteiger partial charge is 0.224 e. The van der Waals surface area contributed by atoms with Gasteiger partial charge in [-0.25, -0.2) is 0 Å². The minimum absolute atomic E-state index is 0.0652. The number of ether oxygens (including phenoxy) is 3. The fourth-order valence-electron chi connectivity index (χ4n) is 2.94. The monoisotopic (exact) mass is 432 g/mol. The Bertz CT molecular complexity index is 968. The van der Waals surface area contributed by atoms with E-state index >= 15 is 0 Å². The summed E-state index contributed by atoms with van der Waals surface area (Å²) in [5, 5.41) is 3.93. The van der Waals surface area contributed by atoms with Crippen LogP contribution in [0, 0.1) is 0 Å². The molecule has 6 nitrogen and oxygen atoms in total. The average molecular weight is 433 g/mol. The summed E-state index contributed by atoms with van der Waals surface area (Å²) in [5.41, 5.74) is 2.81. The third-order valence-electron chi connectivity index (χ3n) is 4.31. The van der Waals surface area contributed by atoms with E-state index in [2.05, 4.69) is 26.2 Å². The number of nitrogens with one attached hydrogen (secondary N) is 2. The van der Waals surface area contributed by atoms with Gasteiger partial charge in [0.25, 0.3) is 0 Å². The minimum atomic E-state index is -0.0652. The molecule has 0 aliphatic heterocycles. The van der Waals surface area contributed by atoms with Crippen LogP contribution < -0.4 is 19.5 Å². The zero-order valence-electron chi connectivity index (χ0n) is 15.4. The molecule has 0 bridgehead atoms. The van der Waals surface area contributed by atoms with Crippen molar-refractivity contribution >= 4 is 32.7 Å². The number of benzene rings is 2. The van der Waals surface area contributed by atoms with Crippen LogP contribution >= 0.6 is 15.9 Å². The first kappa shape index (κ1) is 19.1. The summed E-state index contributed by atoms with van der Waals surface area (Å²) in [7, 11) is 4.79. The first-order chi connectivity index (χ1) is 13.0. The summed E-state index contributed by atoms with van der Waals surface area (Å²) < 4.78 is 16.7. The third kappa shape index (κ3) is 4.19. The van der Waals surface area contributed by atoms with Crippen LogP contribution in [0.1, 0.15) is 11.1 Å². The van der Waals surface area contributed by atoms with Crippen molar-refractivity contribution in [2.24, 2.45) is 0 Å². The van der Waals surface area contributed by atoms with Crippen LogP contribution in [0.3, 0.4) is 0 Å². The largest absolute Gasteiger partial charge is 0.497 e. The number of rotatable bonds is 7. The molecule has 1 aromatic heterocycles. The first-order valence-corrected chi connectivity index (χ1v) is 9.16. The van der Waals surface area contributed by atoms with E-state index in [-0.39, 0.29) is 12.3 Å². The van der Waals surface area contributed by atoms with Crippen molar-refractivity contribution in [2.75, 3.05) is 21.3 Å². The molecule has 27 heavy (non-hydrogen) atoms. The fraction of sp³-hybridized carbons (Fsp3) is 0.250. The molecular weight excluding hydrogens is 412 g/mol. The van der Waals surface area contributed by atoms with Crippen molar-refractivity contribution in [3.05, 3.63) is 52.1 Å². The van der Waals surface area contributed by atoms with Crippen molar-refractivity contribution in [1.29, 1.82) is 0 Å². The van der Waals surface area contributed by atoms with Crippen LogP contribution in [-0.4, -0.2) is 32.2 Å². The predicted molar refractivity (Wildman–Crippen MR) is 108 cm³/mol. The molecule has 1 amide bonds. The zero-order valence-corrected chi connectivity index (χ0v) is 17.0. The molecule has 2 aromatic carbocycles. The number of aromatic amines is 1. The maximum Gasteiger partial charge on any atom is 0.224 e. The van der Waals surface area contributed by atoms with Gasteiger partial charge in [-0.2, -0.15) is 0 Å². The number of aromatic nitrogens is 1. The molecule has 3 rings (SSSR count). The Morgan fingerprint density at radius 1 is 1.11 bits per heavy atom. The van der Waals surface area contributed by atoms with Gasteiger partial charge >= 0.3 is 0 Å². The lowest BCUT2D eigenvalue weighted by Crippen LogP contribution is -2.24. The highest BCUT2D eigenvalue weighted by atomic mass is 79.9. The summed E-state index contributed by atoms with van der Waals surface area (Å²) in [6.45, 7) is 0.392. The number of amides is 1. The maximum atomic E-state index is 12.4. The quantitative estimate of drug-likeness (QED) is 0.595. The van der Waals surface area contributed by atoms with E-state index < -0.39 is 0 Å². The molecule has 0 saturated carbocycles. The number of carbonyl (C=O) groups is 1. The number of carbonyl (C=O) groups excluding carboxylic acids is 1. The molecule has 0 saturated heterocycles. The van der Waals surface area contributed by atoms with Gasteiger partial charge in [0, 0.05) is 23.6 Å². The molecule has 0 aliphatic carbocycles. The molecule has 0 radical (unpaired) electrons. The lowest BCUT2D eigenvalue weighted by atomic mass is 10.1. The van der Waals surface area contributed by atoms with Crippen LogP contribution in [0.5, 0.6) is 17.2 Å². The van der Waals surface area contributed by atoms with Crippen molar-refractivity contribution in [2.45, 2.75) is 13.0 Å². The van der Waals surface area contributed by atoms with E-state index in [4.69, 9.17) is 14.2 Å². The molecule has 0 fully saturated rings. The van der Waals surface area contributed by atoms with Crippen LogP contribution in [0.2, 0.25) is 0 Å². The van der Waals surface area contributed by atoms with E-state index in [9.17, 15) is 4.79 Å². The topological polar surface area (TPSA) is 72.6 Å². The van der Waals surface area contributed by atoms with Crippen molar-refractivity contribution in [1.82, 2.24) is 10.3 Å². The van der Waals surface area contributed by atoms with E-state index in [1.54, 1.807) is 21.3 Å². The van der Waals surface area contributed by atoms with Gasteiger partial charge in [-0.05, 0) is 57.4 Å². The SMILES string of the molecule is COc1ccc2[nH]cc(CC(=O)NCc3cc(Br)c(OC)c(OC)c3)c2c1. The molecule has 1 heterocycles. The Kier molecular flexibility index (Phi) is 5.91. The second kappa shape index (κ2) is 8.35. The van der Waals surface area contributed by atoms with Crippen LogP contribution in [0.15, 0.2) is 41.0 Å². The van der Waals surface area contributed by atoms with E-state index in [0.29, 0.717) is 18.0 Å². The van der Waals surface area contributed by atoms with Gasteiger partial charge in [0.15, 0.2) is 11.5 Å². The highest BCUT2D eigenvalue weighted by Crippen LogP contribution is 2.36. The summed E-state index contributed by atoms with van der Waals surface area (Å²) in [6.07, 6.45) is 2.14. The first-order valence-electron chi connectivity index (χ1n) is 8.36. The van der Waals surface area contributed by atoms with Crippen molar-refractivity contribution < 1.29 is 19.0 Å². The summed E-state index contributed by atoms with van der Waals surface area (Å²) in [4.78, 5) is 15.6. The molecule has 0 spiro atoms. The third-order valence-corrected chi connectivity index (χ3v) is 4.90. The second-order valence-electron chi connectivity index (χ2n) is 5.99. The van der Waals surface area contributed by atoms with Gasteiger partial charge in [-0.15, -0.1) is 0 Å².